The molecule has 1 fully saturated rings. The Labute approximate surface area is 80.1 Å². The van der Waals surface area contributed by atoms with Crippen LogP contribution in [0.1, 0.15) is 39.0 Å². The molecular weight excluding hydrogens is 164 g/mol. The maximum atomic E-state index is 11.4. The highest BCUT2D eigenvalue weighted by Gasteiger charge is 2.30. The molecule has 0 saturated heterocycles. The molecule has 1 rings (SSSR count). The SMILES string of the molecule is CCCCC(CN)NC(=O)C1CC1. The van der Waals surface area contributed by atoms with Crippen LogP contribution in [0, 0.1) is 5.92 Å². The monoisotopic (exact) mass is 184 g/mol. The highest BCUT2D eigenvalue weighted by atomic mass is 16.2. The number of hydrogen-bond acceptors (Lipinski definition) is 2. The first kappa shape index (κ1) is 10.5. The zero-order chi connectivity index (χ0) is 9.68. The van der Waals surface area contributed by atoms with Gasteiger partial charge in [-0.1, -0.05) is 19.8 Å². The van der Waals surface area contributed by atoms with Gasteiger partial charge in [0, 0.05) is 18.5 Å². The standard InChI is InChI=1S/C10H20N2O/c1-2-3-4-9(7-11)12-10(13)8-5-6-8/h8-9H,2-7,11H2,1H3,(H,12,13). The molecule has 76 valence electrons. The fourth-order valence-corrected chi connectivity index (χ4v) is 1.36. The Kier molecular flexibility index (Phi) is 4.22. The van der Waals surface area contributed by atoms with Crippen molar-refractivity contribution in [2.45, 2.75) is 45.1 Å². The number of hydrogen-bond donors (Lipinski definition) is 2. The van der Waals surface area contributed by atoms with Crippen molar-refractivity contribution in [3.8, 4) is 0 Å². The molecule has 1 aliphatic rings. The molecule has 1 atom stereocenters. The fraction of sp³-hybridized carbons (Fsp3) is 0.900. The van der Waals surface area contributed by atoms with Gasteiger partial charge in [0.2, 0.25) is 5.91 Å². The van der Waals surface area contributed by atoms with Crippen LogP contribution >= 0.6 is 0 Å². The Morgan fingerprint density at radius 3 is 2.77 bits per heavy atom. The van der Waals surface area contributed by atoms with E-state index in [0.717, 1.165) is 32.1 Å². The third kappa shape index (κ3) is 3.77. The second-order valence-corrected chi connectivity index (χ2v) is 3.86. The summed E-state index contributed by atoms with van der Waals surface area (Å²) in [5.74, 6) is 0.516. The van der Waals surface area contributed by atoms with Gasteiger partial charge in [0.25, 0.3) is 0 Å². The number of amides is 1. The van der Waals surface area contributed by atoms with Crippen molar-refractivity contribution in [2.75, 3.05) is 6.54 Å². The van der Waals surface area contributed by atoms with Gasteiger partial charge in [-0.15, -0.1) is 0 Å². The molecule has 3 N–H and O–H groups in total. The predicted molar refractivity (Wildman–Crippen MR) is 53.2 cm³/mol. The summed E-state index contributed by atoms with van der Waals surface area (Å²) in [4.78, 5) is 11.4. The molecule has 0 radical (unpaired) electrons. The maximum Gasteiger partial charge on any atom is 0.223 e. The Morgan fingerprint density at radius 2 is 2.31 bits per heavy atom. The van der Waals surface area contributed by atoms with Crippen LogP contribution in [0.4, 0.5) is 0 Å². The first-order valence-electron chi connectivity index (χ1n) is 5.28. The molecule has 0 aliphatic heterocycles. The number of carbonyl (C=O) groups is 1. The largest absolute Gasteiger partial charge is 0.352 e. The number of unbranched alkanes of at least 4 members (excludes halogenated alkanes) is 1. The van der Waals surface area contributed by atoms with Crippen LogP contribution in [0.3, 0.4) is 0 Å². The van der Waals surface area contributed by atoms with E-state index in [9.17, 15) is 4.79 Å². The van der Waals surface area contributed by atoms with Gasteiger partial charge in [-0.25, -0.2) is 0 Å². The number of nitrogens with two attached hydrogens (primary N) is 1. The average molecular weight is 184 g/mol. The second kappa shape index (κ2) is 5.22. The van der Waals surface area contributed by atoms with E-state index >= 15 is 0 Å². The Hall–Kier alpha value is -0.570. The zero-order valence-corrected chi connectivity index (χ0v) is 8.38. The van der Waals surface area contributed by atoms with Crippen LogP contribution in [0.5, 0.6) is 0 Å². The summed E-state index contributed by atoms with van der Waals surface area (Å²) in [6.07, 6.45) is 5.46. The number of nitrogens with one attached hydrogen (secondary N) is 1. The first-order valence-corrected chi connectivity index (χ1v) is 5.28. The molecule has 0 aromatic heterocycles. The van der Waals surface area contributed by atoms with Gasteiger partial charge in [-0.2, -0.15) is 0 Å². The lowest BCUT2D eigenvalue weighted by Crippen LogP contribution is -2.40. The van der Waals surface area contributed by atoms with E-state index in [4.69, 9.17) is 5.73 Å². The Bertz CT molecular complexity index is 166. The van der Waals surface area contributed by atoms with E-state index < -0.39 is 0 Å². The summed E-state index contributed by atoms with van der Waals surface area (Å²) >= 11 is 0. The van der Waals surface area contributed by atoms with Crippen LogP contribution in [0.25, 0.3) is 0 Å². The molecule has 0 aromatic carbocycles. The van der Waals surface area contributed by atoms with Crippen molar-refractivity contribution < 1.29 is 4.79 Å². The number of rotatable bonds is 6. The minimum atomic E-state index is 0.202. The van der Waals surface area contributed by atoms with Crippen LogP contribution < -0.4 is 11.1 Å². The lowest BCUT2D eigenvalue weighted by molar-refractivity contribution is -0.123. The molecule has 0 aromatic rings. The molecule has 0 heterocycles. The Morgan fingerprint density at radius 1 is 1.62 bits per heavy atom. The molecule has 1 saturated carbocycles. The highest BCUT2D eigenvalue weighted by molar-refractivity contribution is 5.81. The van der Waals surface area contributed by atoms with E-state index in [2.05, 4.69) is 12.2 Å². The predicted octanol–water partition coefficient (Wildman–Crippen LogP) is 1.03. The van der Waals surface area contributed by atoms with E-state index in [1.807, 2.05) is 0 Å². The van der Waals surface area contributed by atoms with Crippen LogP contribution in [-0.4, -0.2) is 18.5 Å². The van der Waals surface area contributed by atoms with Gasteiger partial charge in [0.15, 0.2) is 0 Å². The molecule has 1 amide bonds. The van der Waals surface area contributed by atoms with Crippen molar-refractivity contribution in [1.82, 2.24) is 5.32 Å². The van der Waals surface area contributed by atoms with E-state index in [0.29, 0.717) is 12.5 Å². The van der Waals surface area contributed by atoms with Gasteiger partial charge in [0.1, 0.15) is 0 Å². The van der Waals surface area contributed by atoms with Gasteiger partial charge in [-0.05, 0) is 19.3 Å². The highest BCUT2D eigenvalue weighted by Crippen LogP contribution is 2.28. The zero-order valence-electron chi connectivity index (χ0n) is 8.38. The van der Waals surface area contributed by atoms with Crippen LogP contribution in [0.15, 0.2) is 0 Å². The molecule has 3 nitrogen and oxygen atoms in total. The summed E-state index contributed by atoms with van der Waals surface area (Å²) in [6.45, 7) is 2.72. The first-order chi connectivity index (χ1) is 6.27. The molecule has 3 heteroatoms. The summed E-state index contributed by atoms with van der Waals surface area (Å²) in [5.41, 5.74) is 5.57. The molecule has 1 unspecified atom stereocenters. The van der Waals surface area contributed by atoms with Crippen molar-refractivity contribution in [3.05, 3.63) is 0 Å². The van der Waals surface area contributed by atoms with Gasteiger partial charge in [-0.3, -0.25) is 4.79 Å². The molecule has 1 aliphatic carbocycles. The van der Waals surface area contributed by atoms with E-state index in [1.165, 1.54) is 0 Å². The third-order valence-electron chi connectivity index (χ3n) is 2.49. The molecule has 0 spiro atoms. The van der Waals surface area contributed by atoms with Crippen molar-refractivity contribution >= 4 is 5.91 Å². The minimum absolute atomic E-state index is 0.202. The average Bonchev–Trinajstić information content (AvgIpc) is 2.94. The van der Waals surface area contributed by atoms with Crippen molar-refractivity contribution in [2.24, 2.45) is 11.7 Å². The van der Waals surface area contributed by atoms with Gasteiger partial charge in [0.05, 0.1) is 0 Å². The summed E-state index contributed by atoms with van der Waals surface area (Å²) in [7, 11) is 0. The molecular formula is C10H20N2O. The number of carbonyl (C=O) groups excluding carboxylic acids is 1. The lowest BCUT2D eigenvalue weighted by Gasteiger charge is -2.15. The van der Waals surface area contributed by atoms with Gasteiger partial charge >= 0.3 is 0 Å². The molecule has 0 bridgehead atoms. The topological polar surface area (TPSA) is 55.1 Å². The minimum Gasteiger partial charge on any atom is -0.352 e. The van der Waals surface area contributed by atoms with E-state index in [-0.39, 0.29) is 11.9 Å². The van der Waals surface area contributed by atoms with Crippen LogP contribution in [0.2, 0.25) is 0 Å². The quantitative estimate of drug-likeness (QED) is 0.648. The van der Waals surface area contributed by atoms with Crippen molar-refractivity contribution in [3.63, 3.8) is 0 Å². The summed E-state index contributed by atoms with van der Waals surface area (Å²) in [6, 6.07) is 0.202. The summed E-state index contributed by atoms with van der Waals surface area (Å²) in [5, 5.41) is 3.00. The van der Waals surface area contributed by atoms with Crippen molar-refractivity contribution in [1.29, 1.82) is 0 Å². The Balaban J connectivity index is 2.17. The fourth-order valence-electron chi connectivity index (χ4n) is 1.36. The second-order valence-electron chi connectivity index (χ2n) is 3.86. The van der Waals surface area contributed by atoms with Crippen LogP contribution in [-0.2, 0) is 4.79 Å². The lowest BCUT2D eigenvalue weighted by atomic mass is 10.1. The van der Waals surface area contributed by atoms with Gasteiger partial charge < -0.3 is 11.1 Å². The maximum absolute atomic E-state index is 11.4. The normalized spacial score (nSPS) is 18.3. The smallest absolute Gasteiger partial charge is 0.223 e. The van der Waals surface area contributed by atoms with E-state index in [1.54, 1.807) is 0 Å². The molecule has 13 heavy (non-hydrogen) atoms. The summed E-state index contributed by atoms with van der Waals surface area (Å²) < 4.78 is 0. The third-order valence-corrected chi connectivity index (χ3v) is 2.49.